The Morgan fingerprint density at radius 1 is 1.80 bits per heavy atom. The van der Waals surface area contributed by atoms with Gasteiger partial charge in [-0.25, -0.2) is 0 Å². The third-order valence-corrected chi connectivity index (χ3v) is 2.95. The summed E-state index contributed by atoms with van der Waals surface area (Å²) in [5.41, 5.74) is 7.40. The molecule has 0 amide bonds. The van der Waals surface area contributed by atoms with Gasteiger partial charge in [0, 0.05) is 11.1 Å². The molecule has 1 aliphatic rings. The molecular formula is C7H10N2S. The molecule has 2 rings (SSSR count). The molecule has 1 aromatic rings. The Morgan fingerprint density at radius 2 is 2.70 bits per heavy atom. The maximum atomic E-state index is 5.51. The fraction of sp³-hybridized carbons (Fsp3) is 0.571. The molecule has 2 N–H and O–H groups in total. The number of hydrogen-bond acceptors (Lipinski definition) is 3. The Morgan fingerprint density at radius 3 is 3.20 bits per heavy atom. The van der Waals surface area contributed by atoms with Crippen LogP contribution in [0.1, 0.15) is 17.2 Å². The van der Waals surface area contributed by atoms with Crippen molar-refractivity contribution in [3.05, 3.63) is 16.6 Å². The van der Waals surface area contributed by atoms with E-state index < -0.39 is 0 Å². The van der Waals surface area contributed by atoms with Crippen molar-refractivity contribution in [1.29, 1.82) is 0 Å². The molecule has 54 valence electrons. The molecular weight excluding hydrogens is 144 g/mol. The lowest BCUT2D eigenvalue weighted by Gasteiger charge is -1.88. The van der Waals surface area contributed by atoms with Crippen molar-refractivity contribution in [1.82, 2.24) is 4.98 Å². The first-order valence-electron chi connectivity index (χ1n) is 3.50. The average molecular weight is 154 g/mol. The molecule has 0 aliphatic heterocycles. The first-order valence-corrected chi connectivity index (χ1v) is 4.38. The highest BCUT2D eigenvalue weighted by Gasteiger charge is 2.37. The molecule has 1 aliphatic carbocycles. The van der Waals surface area contributed by atoms with Crippen LogP contribution in [0.3, 0.4) is 0 Å². The summed E-state index contributed by atoms with van der Waals surface area (Å²) in [4.78, 5) is 5.44. The molecule has 10 heavy (non-hydrogen) atoms. The van der Waals surface area contributed by atoms with Crippen LogP contribution in [0.5, 0.6) is 0 Å². The first kappa shape index (κ1) is 6.31. The van der Waals surface area contributed by atoms with Crippen LogP contribution in [-0.2, 0) is 0 Å². The van der Waals surface area contributed by atoms with Crippen LogP contribution in [0.4, 0.5) is 0 Å². The van der Waals surface area contributed by atoms with E-state index in [0.717, 1.165) is 18.4 Å². The van der Waals surface area contributed by atoms with E-state index in [1.54, 1.807) is 11.3 Å². The van der Waals surface area contributed by atoms with Crippen molar-refractivity contribution in [3.8, 4) is 0 Å². The van der Waals surface area contributed by atoms with Crippen LogP contribution in [0.15, 0.2) is 11.7 Å². The second-order valence-electron chi connectivity index (χ2n) is 2.74. The summed E-state index contributed by atoms with van der Waals surface area (Å²) in [6.07, 6.45) is 3.24. The fourth-order valence-electron chi connectivity index (χ4n) is 1.27. The van der Waals surface area contributed by atoms with Gasteiger partial charge in [0.1, 0.15) is 0 Å². The average Bonchev–Trinajstić information content (AvgIpc) is 2.56. The van der Waals surface area contributed by atoms with Gasteiger partial charge in [0.05, 0.1) is 5.51 Å². The summed E-state index contributed by atoms with van der Waals surface area (Å²) in [5.74, 6) is 1.50. The van der Waals surface area contributed by atoms with Gasteiger partial charge in [-0.1, -0.05) is 0 Å². The van der Waals surface area contributed by atoms with Crippen LogP contribution in [0, 0.1) is 5.92 Å². The minimum atomic E-state index is 0.748. The first-order chi connectivity index (χ1) is 4.92. The van der Waals surface area contributed by atoms with E-state index in [1.807, 2.05) is 11.7 Å². The molecule has 2 atom stereocenters. The van der Waals surface area contributed by atoms with Crippen molar-refractivity contribution < 1.29 is 0 Å². The summed E-state index contributed by atoms with van der Waals surface area (Å²) >= 11 is 1.75. The lowest BCUT2D eigenvalue weighted by molar-refractivity contribution is 0.814. The lowest BCUT2D eigenvalue weighted by atomic mass is 10.3. The maximum absolute atomic E-state index is 5.51. The molecule has 0 saturated heterocycles. The van der Waals surface area contributed by atoms with Crippen LogP contribution in [0.2, 0.25) is 0 Å². The molecule has 0 aromatic carbocycles. The van der Waals surface area contributed by atoms with Crippen molar-refractivity contribution in [2.75, 3.05) is 6.54 Å². The van der Waals surface area contributed by atoms with E-state index in [4.69, 9.17) is 5.73 Å². The Bertz CT molecular complexity index is 207. The SMILES string of the molecule is NC[C@@H]1C[C@H]1c1cncs1. The van der Waals surface area contributed by atoms with Gasteiger partial charge in [0.2, 0.25) is 0 Å². The molecule has 0 radical (unpaired) electrons. The minimum absolute atomic E-state index is 0.748. The van der Waals surface area contributed by atoms with Gasteiger partial charge >= 0.3 is 0 Å². The van der Waals surface area contributed by atoms with E-state index in [9.17, 15) is 0 Å². The second-order valence-corrected chi connectivity index (χ2v) is 3.66. The topological polar surface area (TPSA) is 38.9 Å². The predicted molar refractivity (Wildman–Crippen MR) is 42.0 cm³/mol. The summed E-state index contributed by atoms with van der Waals surface area (Å²) in [6, 6.07) is 0. The number of thiazole rings is 1. The van der Waals surface area contributed by atoms with Gasteiger partial charge in [0.25, 0.3) is 0 Å². The van der Waals surface area contributed by atoms with E-state index in [2.05, 4.69) is 4.98 Å². The van der Waals surface area contributed by atoms with Crippen LogP contribution < -0.4 is 5.73 Å². The molecule has 1 fully saturated rings. The summed E-state index contributed by atoms with van der Waals surface area (Å²) in [5, 5.41) is 0. The second kappa shape index (κ2) is 2.32. The zero-order valence-corrected chi connectivity index (χ0v) is 6.47. The van der Waals surface area contributed by atoms with Gasteiger partial charge in [-0.2, -0.15) is 0 Å². The fourth-order valence-corrected chi connectivity index (χ4v) is 2.09. The van der Waals surface area contributed by atoms with Crippen molar-refractivity contribution in [2.24, 2.45) is 11.7 Å². The standard InChI is InChI=1S/C7H10N2S/c8-2-5-1-6(5)7-3-9-4-10-7/h3-6H,1-2,8H2/t5-,6+/m0/s1. The van der Waals surface area contributed by atoms with Crippen LogP contribution in [0.25, 0.3) is 0 Å². The molecule has 1 saturated carbocycles. The number of hydrogen-bond donors (Lipinski definition) is 1. The molecule has 3 heteroatoms. The van der Waals surface area contributed by atoms with Gasteiger partial charge in [-0.3, -0.25) is 4.98 Å². The van der Waals surface area contributed by atoms with Gasteiger partial charge < -0.3 is 5.73 Å². The Balaban J connectivity index is 2.05. The lowest BCUT2D eigenvalue weighted by Crippen LogP contribution is -2.01. The summed E-state index contributed by atoms with van der Waals surface area (Å²) < 4.78 is 0. The van der Waals surface area contributed by atoms with E-state index in [0.29, 0.717) is 0 Å². The molecule has 2 nitrogen and oxygen atoms in total. The Kier molecular flexibility index (Phi) is 1.47. The largest absolute Gasteiger partial charge is 0.330 e. The smallest absolute Gasteiger partial charge is 0.0794 e. The summed E-state index contributed by atoms with van der Waals surface area (Å²) in [6.45, 7) is 0.836. The molecule has 1 aromatic heterocycles. The summed E-state index contributed by atoms with van der Waals surface area (Å²) in [7, 11) is 0. The van der Waals surface area contributed by atoms with Gasteiger partial charge in [-0.05, 0) is 24.8 Å². The molecule has 0 spiro atoms. The van der Waals surface area contributed by atoms with E-state index in [1.165, 1.54) is 11.3 Å². The minimum Gasteiger partial charge on any atom is -0.330 e. The zero-order valence-electron chi connectivity index (χ0n) is 5.66. The Hall–Kier alpha value is -0.410. The number of rotatable bonds is 2. The molecule has 0 bridgehead atoms. The van der Waals surface area contributed by atoms with Crippen LogP contribution >= 0.6 is 11.3 Å². The molecule has 0 unspecified atom stereocenters. The van der Waals surface area contributed by atoms with Crippen molar-refractivity contribution in [2.45, 2.75) is 12.3 Å². The highest BCUT2D eigenvalue weighted by Crippen LogP contribution is 2.47. The Labute approximate surface area is 64.1 Å². The van der Waals surface area contributed by atoms with Gasteiger partial charge in [0.15, 0.2) is 0 Å². The van der Waals surface area contributed by atoms with E-state index >= 15 is 0 Å². The number of nitrogens with zero attached hydrogens (tertiary/aromatic N) is 1. The van der Waals surface area contributed by atoms with Crippen molar-refractivity contribution in [3.63, 3.8) is 0 Å². The molecule has 1 heterocycles. The number of aromatic nitrogens is 1. The monoisotopic (exact) mass is 154 g/mol. The van der Waals surface area contributed by atoms with Crippen LogP contribution in [-0.4, -0.2) is 11.5 Å². The zero-order chi connectivity index (χ0) is 6.97. The van der Waals surface area contributed by atoms with Crippen molar-refractivity contribution >= 4 is 11.3 Å². The third-order valence-electron chi connectivity index (χ3n) is 2.04. The highest BCUT2D eigenvalue weighted by molar-refractivity contribution is 7.09. The quantitative estimate of drug-likeness (QED) is 0.695. The maximum Gasteiger partial charge on any atom is 0.0794 e. The van der Waals surface area contributed by atoms with Gasteiger partial charge in [-0.15, -0.1) is 11.3 Å². The normalized spacial score (nSPS) is 30.5. The van der Waals surface area contributed by atoms with E-state index in [-0.39, 0.29) is 0 Å². The number of nitrogens with two attached hydrogens (primary N) is 1. The third kappa shape index (κ3) is 0.954. The highest BCUT2D eigenvalue weighted by atomic mass is 32.1. The predicted octanol–water partition coefficient (Wildman–Crippen LogP) is 1.21.